The molecule has 22 heavy (non-hydrogen) atoms. The Hall–Kier alpha value is -2.00. The minimum atomic E-state index is -3.00. The first-order valence-electron chi connectivity index (χ1n) is 5.87. The molecule has 0 aliphatic carbocycles. The van der Waals surface area contributed by atoms with Crippen LogP contribution >= 0.6 is 24.0 Å². The summed E-state index contributed by atoms with van der Waals surface area (Å²) >= 11 is 5.80. The number of ether oxygens (including phenoxy) is 1. The molecule has 0 aromatic heterocycles. The molecule has 1 aliphatic heterocycles. The van der Waals surface area contributed by atoms with Crippen molar-refractivity contribution in [2.45, 2.75) is 6.61 Å². The van der Waals surface area contributed by atoms with E-state index in [4.69, 9.17) is 12.2 Å². The molecule has 9 heteroatoms. The van der Waals surface area contributed by atoms with Crippen molar-refractivity contribution < 1.29 is 28.2 Å². The lowest BCUT2D eigenvalue weighted by Gasteiger charge is -2.14. The van der Waals surface area contributed by atoms with E-state index in [9.17, 15) is 23.5 Å². The highest BCUT2D eigenvalue weighted by atomic mass is 32.2. The van der Waals surface area contributed by atoms with Crippen LogP contribution < -0.4 is 9.84 Å². The molecule has 2 rings (SSSR count). The molecule has 0 unspecified atom stereocenters. The Morgan fingerprint density at radius 2 is 2.14 bits per heavy atom. The fourth-order valence-corrected chi connectivity index (χ4v) is 2.96. The molecule has 1 amide bonds. The summed E-state index contributed by atoms with van der Waals surface area (Å²) in [5.74, 6) is -2.16. The zero-order chi connectivity index (χ0) is 16.3. The fraction of sp³-hybridized carbons (Fsp3) is 0.154. The Bertz CT molecular complexity index is 663. The molecule has 0 atom stereocenters. The smallest absolute Gasteiger partial charge is 0.387 e. The second-order valence-electron chi connectivity index (χ2n) is 4.06. The number of rotatable bonds is 5. The minimum Gasteiger partial charge on any atom is -0.548 e. The number of thioether (sulfide) groups is 1. The Balaban J connectivity index is 2.29. The van der Waals surface area contributed by atoms with Crippen LogP contribution in [-0.4, -0.2) is 34.3 Å². The van der Waals surface area contributed by atoms with Gasteiger partial charge in [0.05, 0.1) is 17.4 Å². The summed E-state index contributed by atoms with van der Waals surface area (Å²) in [4.78, 5) is 23.6. The van der Waals surface area contributed by atoms with Crippen LogP contribution in [0.3, 0.4) is 0 Å². The van der Waals surface area contributed by atoms with Crippen LogP contribution in [0.1, 0.15) is 5.56 Å². The molecule has 0 bridgehead atoms. The summed E-state index contributed by atoms with van der Waals surface area (Å²) in [7, 11) is 0. The van der Waals surface area contributed by atoms with Gasteiger partial charge in [-0.15, -0.1) is 0 Å². The summed E-state index contributed by atoms with van der Waals surface area (Å²) < 4.78 is 29.1. The van der Waals surface area contributed by atoms with Gasteiger partial charge in [0.1, 0.15) is 10.1 Å². The first-order valence-corrected chi connectivity index (χ1v) is 7.10. The van der Waals surface area contributed by atoms with Crippen LogP contribution in [0.5, 0.6) is 5.75 Å². The number of amides is 1. The van der Waals surface area contributed by atoms with E-state index < -0.39 is 25.0 Å². The van der Waals surface area contributed by atoms with E-state index in [1.54, 1.807) is 6.07 Å². The molecule has 1 aromatic carbocycles. The minimum absolute atomic E-state index is 0.0627. The van der Waals surface area contributed by atoms with Gasteiger partial charge in [-0.3, -0.25) is 9.69 Å². The topological polar surface area (TPSA) is 69.7 Å². The van der Waals surface area contributed by atoms with Crippen molar-refractivity contribution in [3.63, 3.8) is 0 Å². The molecule has 0 spiro atoms. The Morgan fingerprint density at radius 3 is 2.77 bits per heavy atom. The summed E-state index contributed by atoms with van der Waals surface area (Å²) in [6, 6.07) is 5.92. The number of halogens is 2. The lowest BCUT2D eigenvalue weighted by Crippen LogP contribution is -2.40. The molecular formula is C13H8F2NO4S2-. The van der Waals surface area contributed by atoms with E-state index in [0.717, 1.165) is 16.7 Å². The number of benzene rings is 1. The van der Waals surface area contributed by atoms with E-state index >= 15 is 0 Å². The number of carbonyl (C=O) groups excluding carboxylic acids is 2. The number of carbonyl (C=O) groups is 2. The number of carboxylic acid groups (broad SMARTS) is 1. The number of nitrogens with zero attached hydrogens (tertiary/aromatic N) is 1. The second kappa shape index (κ2) is 6.84. The molecule has 5 nitrogen and oxygen atoms in total. The van der Waals surface area contributed by atoms with Gasteiger partial charge in [0.2, 0.25) is 0 Å². The van der Waals surface area contributed by atoms with Gasteiger partial charge in [-0.1, -0.05) is 42.2 Å². The molecule has 1 heterocycles. The van der Waals surface area contributed by atoms with Gasteiger partial charge >= 0.3 is 6.61 Å². The quantitative estimate of drug-likeness (QED) is 0.591. The van der Waals surface area contributed by atoms with Gasteiger partial charge in [-0.25, -0.2) is 0 Å². The molecule has 116 valence electrons. The highest BCUT2D eigenvalue weighted by Crippen LogP contribution is 2.34. The number of para-hydroxylation sites is 1. The lowest BCUT2D eigenvalue weighted by molar-refractivity contribution is -0.305. The van der Waals surface area contributed by atoms with Gasteiger partial charge in [0.15, 0.2) is 0 Å². The van der Waals surface area contributed by atoms with Gasteiger partial charge in [0.25, 0.3) is 5.91 Å². The maximum absolute atomic E-state index is 12.3. The molecular weight excluding hydrogens is 336 g/mol. The predicted molar refractivity (Wildman–Crippen MR) is 78.0 cm³/mol. The number of hydrogen-bond acceptors (Lipinski definition) is 6. The van der Waals surface area contributed by atoms with E-state index in [2.05, 4.69) is 4.74 Å². The van der Waals surface area contributed by atoms with Crippen molar-refractivity contribution in [1.82, 2.24) is 4.90 Å². The highest BCUT2D eigenvalue weighted by molar-refractivity contribution is 8.26. The van der Waals surface area contributed by atoms with E-state index in [-0.39, 0.29) is 20.5 Å². The van der Waals surface area contributed by atoms with Gasteiger partial charge in [-0.05, 0) is 12.1 Å². The first kappa shape index (κ1) is 16.4. The van der Waals surface area contributed by atoms with Gasteiger partial charge in [0, 0.05) is 5.56 Å². The van der Waals surface area contributed by atoms with E-state index in [1.165, 1.54) is 24.3 Å². The second-order valence-corrected chi connectivity index (χ2v) is 5.73. The molecule has 1 fully saturated rings. The summed E-state index contributed by atoms with van der Waals surface area (Å²) in [5, 5.41) is 10.6. The third kappa shape index (κ3) is 3.80. The zero-order valence-corrected chi connectivity index (χ0v) is 12.5. The molecule has 0 N–H and O–H groups in total. The van der Waals surface area contributed by atoms with Crippen molar-refractivity contribution in [3.05, 3.63) is 34.7 Å². The van der Waals surface area contributed by atoms with E-state index in [1.807, 2.05) is 0 Å². The molecule has 1 aromatic rings. The molecule has 0 saturated carbocycles. The monoisotopic (exact) mass is 344 g/mol. The van der Waals surface area contributed by atoms with Gasteiger partial charge in [-0.2, -0.15) is 8.78 Å². The van der Waals surface area contributed by atoms with Crippen LogP contribution in [0.4, 0.5) is 8.78 Å². The number of alkyl halides is 2. The predicted octanol–water partition coefficient (Wildman–Crippen LogP) is 1.24. The molecule has 0 radical (unpaired) electrons. The SMILES string of the molecule is O=C([O-])CN1C(=O)/C(=C\c2ccccc2OC(F)F)SC1=S. The number of aliphatic carboxylic acids is 1. The van der Waals surface area contributed by atoms with Crippen LogP contribution in [0.2, 0.25) is 0 Å². The molecule has 1 aliphatic rings. The van der Waals surface area contributed by atoms with E-state index in [0.29, 0.717) is 0 Å². The maximum atomic E-state index is 12.3. The maximum Gasteiger partial charge on any atom is 0.387 e. The zero-order valence-electron chi connectivity index (χ0n) is 10.8. The lowest BCUT2D eigenvalue weighted by atomic mass is 10.2. The Kier molecular flexibility index (Phi) is 5.09. The van der Waals surface area contributed by atoms with Gasteiger partial charge < -0.3 is 14.6 Å². The standard InChI is InChI=1S/C13H9F2NO4S2/c14-12(15)20-8-4-2-1-3-7(8)5-9-11(19)16(6-10(17)18)13(21)22-9/h1-5,12H,6H2,(H,17,18)/p-1/b9-5+. The van der Waals surface area contributed by atoms with Crippen LogP contribution in [0, 0.1) is 0 Å². The van der Waals surface area contributed by atoms with Crippen LogP contribution in [0.15, 0.2) is 29.2 Å². The summed E-state index contributed by atoms with van der Waals surface area (Å²) in [6.45, 7) is -3.65. The summed E-state index contributed by atoms with van der Waals surface area (Å²) in [5.41, 5.74) is 0.261. The fourth-order valence-electron chi connectivity index (χ4n) is 1.71. The average molecular weight is 344 g/mol. The third-order valence-corrected chi connectivity index (χ3v) is 3.96. The average Bonchev–Trinajstić information content (AvgIpc) is 2.68. The third-order valence-electron chi connectivity index (χ3n) is 2.58. The number of thiocarbonyl (C=S) groups is 1. The van der Waals surface area contributed by atoms with Crippen molar-refractivity contribution >= 4 is 46.3 Å². The number of hydrogen-bond donors (Lipinski definition) is 0. The highest BCUT2D eigenvalue weighted by Gasteiger charge is 2.32. The van der Waals surface area contributed by atoms with Crippen LogP contribution in [0.25, 0.3) is 6.08 Å². The van der Waals surface area contributed by atoms with Crippen molar-refractivity contribution in [3.8, 4) is 5.75 Å². The summed E-state index contributed by atoms with van der Waals surface area (Å²) in [6.07, 6.45) is 1.33. The van der Waals surface area contributed by atoms with Crippen molar-refractivity contribution in [2.24, 2.45) is 0 Å². The van der Waals surface area contributed by atoms with Crippen molar-refractivity contribution in [1.29, 1.82) is 0 Å². The Morgan fingerprint density at radius 1 is 1.45 bits per heavy atom. The normalized spacial score (nSPS) is 16.7. The molecule has 1 saturated heterocycles. The van der Waals surface area contributed by atoms with Crippen LogP contribution in [-0.2, 0) is 9.59 Å². The Labute approximate surface area is 133 Å². The van der Waals surface area contributed by atoms with Crippen molar-refractivity contribution in [2.75, 3.05) is 6.54 Å². The largest absolute Gasteiger partial charge is 0.548 e. The first-order chi connectivity index (χ1) is 10.4. The number of carboxylic acids is 1.